The number of aromatic amines is 1. The number of imidazole rings is 1. The Hall–Kier alpha value is -5.19. The molecule has 0 atom stereocenters. The van der Waals surface area contributed by atoms with Crippen molar-refractivity contribution in [3.05, 3.63) is 90.5 Å². The zero-order chi connectivity index (χ0) is 28.4. The number of halogens is 1. The summed E-state index contributed by atoms with van der Waals surface area (Å²) in [6.07, 6.45) is 2.80. The minimum atomic E-state index is -0.583. The molecule has 0 bridgehead atoms. The predicted molar refractivity (Wildman–Crippen MR) is 148 cm³/mol. The first kappa shape index (κ1) is 26.4. The fourth-order valence-electron chi connectivity index (χ4n) is 3.96. The van der Waals surface area contributed by atoms with Gasteiger partial charge >= 0.3 is 11.8 Å². The summed E-state index contributed by atoms with van der Waals surface area (Å²) in [4.78, 5) is 40.4. The Bertz CT molecular complexity index is 1750. The van der Waals surface area contributed by atoms with Crippen LogP contribution in [0.1, 0.15) is 42.8 Å². The minimum Gasteiger partial charge on any atom is -0.344 e. The number of benzene rings is 2. The SMILES string of the molecule is C=CC(=O)Nc1cccc(-c2nc3nccc(-c4ccc(CNC(=O)c5nc(C(C)(C)C)no5)c(F)c4)c3[nH]2)c1. The van der Waals surface area contributed by atoms with Gasteiger partial charge in [0, 0.05) is 40.5 Å². The summed E-state index contributed by atoms with van der Waals surface area (Å²) in [6, 6.07) is 13.7. The fraction of sp³-hybridized carbons (Fsp3) is 0.172. The molecule has 0 saturated carbocycles. The van der Waals surface area contributed by atoms with Crippen LogP contribution in [0.25, 0.3) is 33.7 Å². The van der Waals surface area contributed by atoms with Gasteiger partial charge in [0.25, 0.3) is 0 Å². The molecule has 2 aromatic carbocycles. The predicted octanol–water partition coefficient (Wildman–Crippen LogP) is 5.17. The molecule has 2 amide bonds. The Morgan fingerprint density at radius 1 is 1.10 bits per heavy atom. The Morgan fingerprint density at radius 3 is 2.65 bits per heavy atom. The maximum absolute atomic E-state index is 15.1. The van der Waals surface area contributed by atoms with Gasteiger partial charge in [0.1, 0.15) is 11.6 Å². The molecule has 10 nitrogen and oxygen atoms in total. The third-order valence-corrected chi connectivity index (χ3v) is 6.08. The minimum absolute atomic E-state index is 0.0587. The molecule has 3 N–H and O–H groups in total. The zero-order valence-corrected chi connectivity index (χ0v) is 22.1. The van der Waals surface area contributed by atoms with E-state index in [0.717, 1.165) is 5.56 Å². The highest BCUT2D eigenvalue weighted by atomic mass is 19.1. The molecule has 0 fully saturated rings. The molecule has 0 aliphatic carbocycles. The lowest BCUT2D eigenvalue weighted by Gasteiger charge is -2.10. The number of amides is 2. The van der Waals surface area contributed by atoms with Gasteiger partial charge in [0.05, 0.1) is 5.52 Å². The van der Waals surface area contributed by atoms with E-state index >= 15 is 4.39 Å². The van der Waals surface area contributed by atoms with Crippen LogP contribution >= 0.6 is 0 Å². The number of pyridine rings is 1. The fourth-order valence-corrected chi connectivity index (χ4v) is 3.96. The molecule has 11 heteroatoms. The maximum atomic E-state index is 15.1. The van der Waals surface area contributed by atoms with Gasteiger partial charge in [-0.2, -0.15) is 4.98 Å². The zero-order valence-electron chi connectivity index (χ0n) is 22.1. The Balaban J connectivity index is 1.36. The third-order valence-electron chi connectivity index (χ3n) is 6.08. The van der Waals surface area contributed by atoms with Gasteiger partial charge in [-0.3, -0.25) is 9.59 Å². The number of nitrogens with zero attached hydrogens (tertiary/aromatic N) is 4. The molecule has 3 aromatic heterocycles. The number of rotatable bonds is 7. The van der Waals surface area contributed by atoms with Gasteiger partial charge in [-0.1, -0.05) is 56.8 Å². The van der Waals surface area contributed by atoms with E-state index in [2.05, 4.69) is 42.3 Å². The number of anilines is 1. The summed E-state index contributed by atoms with van der Waals surface area (Å²) >= 11 is 0. The van der Waals surface area contributed by atoms with E-state index in [1.165, 1.54) is 12.1 Å². The van der Waals surface area contributed by atoms with Crippen LogP contribution in [0, 0.1) is 5.82 Å². The second-order valence-electron chi connectivity index (χ2n) is 10.1. The van der Waals surface area contributed by atoms with Crippen molar-refractivity contribution in [3.63, 3.8) is 0 Å². The van der Waals surface area contributed by atoms with Crippen LogP contribution in [0.3, 0.4) is 0 Å². The van der Waals surface area contributed by atoms with Crippen molar-refractivity contribution in [2.75, 3.05) is 5.32 Å². The van der Waals surface area contributed by atoms with Crippen molar-refractivity contribution < 1.29 is 18.5 Å². The van der Waals surface area contributed by atoms with Crippen molar-refractivity contribution in [1.29, 1.82) is 0 Å². The van der Waals surface area contributed by atoms with Gasteiger partial charge in [-0.15, -0.1) is 0 Å². The molecule has 0 aliphatic heterocycles. The Kier molecular flexibility index (Phi) is 6.95. The van der Waals surface area contributed by atoms with Crippen LogP contribution in [0.4, 0.5) is 10.1 Å². The van der Waals surface area contributed by atoms with Crippen LogP contribution in [-0.4, -0.2) is 36.9 Å². The second-order valence-corrected chi connectivity index (χ2v) is 10.1. The number of hydrogen-bond acceptors (Lipinski definition) is 7. The van der Waals surface area contributed by atoms with Gasteiger partial charge in [0.2, 0.25) is 5.91 Å². The first-order chi connectivity index (χ1) is 19.1. The third kappa shape index (κ3) is 5.48. The van der Waals surface area contributed by atoms with Crippen LogP contribution in [-0.2, 0) is 16.8 Å². The molecule has 0 saturated heterocycles. The van der Waals surface area contributed by atoms with Crippen LogP contribution in [0.2, 0.25) is 0 Å². The highest BCUT2D eigenvalue weighted by Crippen LogP contribution is 2.30. The van der Waals surface area contributed by atoms with E-state index in [0.29, 0.717) is 45.2 Å². The molecule has 5 rings (SSSR count). The first-order valence-corrected chi connectivity index (χ1v) is 12.4. The number of nitrogens with one attached hydrogen (secondary N) is 3. The maximum Gasteiger partial charge on any atom is 0.315 e. The first-order valence-electron chi connectivity index (χ1n) is 12.4. The molecule has 202 valence electrons. The summed E-state index contributed by atoms with van der Waals surface area (Å²) < 4.78 is 20.2. The summed E-state index contributed by atoms with van der Waals surface area (Å²) in [5, 5.41) is 9.18. The van der Waals surface area contributed by atoms with Gasteiger partial charge in [0.15, 0.2) is 11.5 Å². The van der Waals surface area contributed by atoms with E-state index in [1.807, 2.05) is 26.8 Å². The highest BCUT2D eigenvalue weighted by Gasteiger charge is 2.24. The number of aromatic nitrogens is 5. The molecule has 0 spiro atoms. The number of hydrogen-bond donors (Lipinski definition) is 3. The summed E-state index contributed by atoms with van der Waals surface area (Å²) in [7, 11) is 0. The number of carbonyl (C=O) groups excluding carboxylic acids is 2. The Morgan fingerprint density at radius 2 is 1.93 bits per heavy atom. The topological polar surface area (TPSA) is 139 Å². The number of H-pyrrole nitrogens is 1. The van der Waals surface area contributed by atoms with Crippen LogP contribution in [0.5, 0.6) is 0 Å². The molecular weight excluding hydrogens is 513 g/mol. The number of carbonyl (C=O) groups is 2. The molecule has 0 radical (unpaired) electrons. The van der Waals surface area contributed by atoms with E-state index in [9.17, 15) is 9.59 Å². The average molecular weight is 540 g/mol. The number of fused-ring (bicyclic) bond motifs is 1. The molecule has 3 heterocycles. The quantitative estimate of drug-likeness (QED) is 0.243. The van der Waals surface area contributed by atoms with Crippen LogP contribution < -0.4 is 10.6 Å². The summed E-state index contributed by atoms with van der Waals surface area (Å²) in [5.74, 6) is -0.620. The lowest BCUT2D eigenvalue weighted by atomic mass is 9.96. The lowest BCUT2D eigenvalue weighted by Crippen LogP contribution is -2.24. The second kappa shape index (κ2) is 10.5. The largest absolute Gasteiger partial charge is 0.344 e. The smallest absolute Gasteiger partial charge is 0.315 e. The van der Waals surface area contributed by atoms with E-state index < -0.39 is 11.7 Å². The van der Waals surface area contributed by atoms with Crippen molar-refractivity contribution >= 4 is 28.7 Å². The standard InChI is InChI=1S/C29H26FN7O3/c1-5-22(38)33-19-8-6-7-17(13-19)24-34-23-20(11-12-31-25(23)35-24)16-9-10-18(21(30)14-16)15-32-26(39)27-36-28(37-40-27)29(2,3)4/h5-14H,1,15H2,2-4H3,(H,32,39)(H,33,38)(H,31,34,35). The van der Waals surface area contributed by atoms with Crippen molar-refractivity contribution in [3.8, 4) is 22.5 Å². The molecule has 0 aliphatic rings. The molecule has 5 aromatic rings. The van der Waals surface area contributed by atoms with Crippen molar-refractivity contribution in [1.82, 2.24) is 30.4 Å². The normalized spacial score (nSPS) is 11.4. The van der Waals surface area contributed by atoms with Crippen molar-refractivity contribution in [2.45, 2.75) is 32.7 Å². The molecular formula is C29H26FN7O3. The van der Waals surface area contributed by atoms with E-state index in [-0.39, 0.29) is 23.8 Å². The summed E-state index contributed by atoms with van der Waals surface area (Å²) in [5.41, 5.74) is 3.65. The highest BCUT2D eigenvalue weighted by molar-refractivity contribution is 5.99. The Labute approximate surface area is 228 Å². The molecule has 0 unspecified atom stereocenters. The van der Waals surface area contributed by atoms with Gasteiger partial charge in [-0.05, 0) is 35.9 Å². The van der Waals surface area contributed by atoms with E-state index in [4.69, 9.17) is 4.52 Å². The monoisotopic (exact) mass is 539 g/mol. The average Bonchev–Trinajstić information content (AvgIpc) is 3.60. The molecule has 40 heavy (non-hydrogen) atoms. The van der Waals surface area contributed by atoms with Crippen molar-refractivity contribution in [2.24, 2.45) is 0 Å². The summed E-state index contributed by atoms with van der Waals surface area (Å²) in [6.45, 7) is 9.11. The van der Waals surface area contributed by atoms with Gasteiger partial charge < -0.3 is 20.1 Å². The van der Waals surface area contributed by atoms with Gasteiger partial charge in [-0.25, -0.2) is 14.4 Å². The van der Waals surface area contributed by atoms with E-state index in [1.54, 1.807) is 42.6 Å². The van der Waals surface area contributed by atoms with Crippen LogP contribution in [0.15, 0.2) is 71.9 Å². The lowest BCUT2D eigenvalue weighted by molar-refractivity contribution is -0.111.